The lowest BCUT2D eigenvalue weighted by atomic mass is 10.2. The molecule has 0 spiro atoms. The van der Waals surface area contributed by atoms with Crippen LogP contribution in [0.25, 0.3) is 0 Å². The maximum absolute atomic E-state index is 5.53. The van der Waals surface area contributed by atoms with Gasteiger partial charge in [-0.25, -0.2) is 9.97 Å². The van der Waals surface area contributed by atoms with Gasteiger partial charge in [-0.3, -0.25) is 0 Å². The Morgan fingerprint density at radius 1 is 0.781 bits per heavy atom. The highest BCUT2D eigenvalue weighted by atomic mass is 15.2. The Balaban J connectivity index is 0.000000195. The number of benzene rings is 1. The number of aromatic nitrogens is 2. The van der Waals surface area contributed by atoms with Gasteiger partial charge in [0.25, 0.3) is 0 Å². The third-order valence-corrected chi connectivity index (χ3v) is 6.36. The second-order valence-electron chi connectivity index (χ2n) is 9.12. The molecule has 7 heteroatoms. The minimum atomic E-state index is 0.546. The fourth-order valence-corrected chi connectivity index (χ4v) is 4.23. The molecular formula is C25H41N7. The van der Waals surface area contributed by atoms with E-state index in [-0.39, 0.29) is 0 Å². The minimum Gasteiger partial charge on any atom is -0.369 e. The summed E-state index contributed by atoms with van der Waals surface area (Å²) >= 11 is 0. The van der Waals surface area contributed by atoms with Gasteiger partial charge in [-0.15, -0.1) is 0 Å². The highest BCUT2D eigenvalue weighted by Gasteiger charge is 2.14. The van der Waals surface area contributed by atoms with Crippen molar-refractivity contribution in [3.05, 3.63) is 42.7 Å². The van der Waals surface area contributed by atoms with Gasteiger partial charge in [0.15, 0.2) is 0 Å². The zero-order valence-corrected chi connectivity index (χ0v) is 19.6. The van der Waals surface area contributed by atoms with Crippen molar-refractivity contribution < 1.29 is 0 Å². The van der Waals surface area contributed by atoms with Gasteiger partial charge in [-0.1, -0.05) is 25.7 Å². The van der Waals surface area contributed by atoms with Crippen molar-refractivity contribution in [1.82, 2.24) is 14.9 Å². The Hall–Kier alpha value is -2.22. The highest BCUT2D eigenvalue weighted by molar-refractivity contribution is 5.59. The predicted octanol–water partition coefficient (Wildman–Crippen LogP) is 3.75. The van der Waals surface area contributed by atoms with Gasteiger partial charge >= 0.3 is 0 Å². The van der Waals surface area contributed by atoms with Crippen LogP contribution in [0.5, 0.6) is 0 Å². The first-order chi connectivity index (χ1) is 15.6. The van der Waals surface area contributed by atoms with Crippen molar-refractivity contribution in [3.8, 4) is 0 Å². The van der Waals surface area contributed by atoms with E-state index in [1.807, 2.05) is 6.07 Å². The summed E-state index contributed by atoms with van der Waals surface area (Å²) in [5.74, 6) is 0.625. The molecule has 2 aromatic rings. The number of hydrogen-bond donors (Lipinski definition) is 3. The van der Waals surface area contributed by atoms with E-state index in [4.69, 9.17) is 11.5 Å². The normalized spacial score (nSPS) is 19.7. The molecule has 0 amide bonds. The van der Waals surface area contributed by atoms with Gasteiger partial charge in [0.2, 0.25) is 5.95 Å². The summed E-state index contributed by atoms with van der Waals surface area (Å²) in [6, 6.07) is 11.3. The van der Waals surface area contributed by atoms with Crippen molar-refractivity contribution in [2.45, 2.75) is 63.5 Å². The Labute approximate surface area is 193 Å². The Morgan fingerprint density at radius 3 is 1.72 bits per heavy atom. The molecule has 3 fully saturated rings. The zero-order chi connectivity index (χ0) is 22.6. The summed E-state index contributed by atoms with van der Waals surface area (Å²) in [4.78, 5) is 13.1. The Bertz CT molecular complexity index is 719. The molecule has 0 unspecified atom stereocenters. The van der Waals surface area contributed by atoms with Crippen LogP contribution >= 0.6 is 0 Å². The monoisotopic (exact) mass is 439 g/mol. The molecule has 0 radical (unpaired) electrons. The predicted molar refractivity (Wildman–Crippen MR) is 134 cm³/mol. The van der Waals surface area contributed by atoms with Crippen LogP contribution in [0.15, 0.2) is 42.7 Å². The molecule has 0 bridgehead atoms. The summed E-state index contributed by atoms with van der Waals surface area (Å²) in [7, 11) is 2.17. The Kier molecular flexibility index (Phi) is 10.2. The van der Waals surface area contributed by atoms with E-state index in [2.05, 4.69) is 56.4 Å². The molecule has 2 aliphatic carbocycles. The topological polar surface area (TPSA) is 96.3 Å². The number of rotatable bonds is 3. The third-order valence-electron chi connectivity index (χ3n) is 6.36. The van der Waals surface area contributed by atoms with E-state index >= 15 is 0 Å². The van der Waals surface area contributed by atoms with Crippen LogP contribution in [0, 0.1) is 0 Å². The van der Waals surface area contributed by atoms with Crippen molar-refractivity contribution in [2.24, 2.45) is 11.5 Å². The van der Waals surface area contributed by atoms with Gasteiger partial charge in [0.1, 0.15) is 0 Å². The fourth-order valence-electron chi connectivity index (χ4n) is 4.23. The first-order valence-electron chi connectivity index (χ1n) is 12.2. The molecular weight excluding hydrogens is 398 g/mol. The molecule has 2 heterocycles. The molecule has 176 valence electrons. The first kappa shape index (κ1) is 24.4. The quantitative estimate of drug-likeness (QED) is 0.670. The SMILES string of the molecule is CN1CCN(c2ccc(Nc3ncccn3)cc2)CC1.NC1CCCC1.NC1CCCC1. The maximum atomic E-state index is 5.53. The minimum absolute atomic E-state index is 0.546. The van der Waals surface area contributed by atoms with Gasteiger partial charge < -0.3 is 26.6 Å². The van der Waals surface area contributed by atoms with Crippen molar-refractivity contribution >= 4 is 17.3 Å². The summed E-state index contributed by atoms with van der Waals surface area (Å²) < 4.78 is 0. The average molecular weight is 440 g/mol. The van der Waals surface area contributed by atoms with Crippen LogP contribution in [0.4, 0.5) is 17.3 Å². The van der Waals surface area contributed by atoms with Crippen molar-refractivity contribution in [3.63, 3.8) is 0 Å². The first-order valence-corrected chi connectivity index (χ1v) is 12.2. The van der Waals surface area contributed by atoms with E-state index in [0.717, 1.165) is 31.9 Å². The summed E-state index contributed by atoms with van der Waals surface area (Å²) in [6.45, 7) is 4.42. The van der Waals surface area contributed by atoms with Crippen molar-refractivity contribution in [1.29, 1.82) is 0 Å². The van der Waals surface area contributed by atoms with Gasteiger partial charge in [-0.05, 0) is 63.1 Å². The van der Waals surface area contributed by atoms with Gasteiger partial charge in [-0.2, -0.15) is 0 Å². The molecule has 1 saturated heterocycles. The van der Waals surface area contributed by atoms with Gasteiger partial charge in [0.05, 0.1) is 0 Å². The fraction of sp³-hybridized carbons (Fsp3) is 0.600. The average Bonchev–Trinajstić information content (AvgIpc) is 3.50. The number of piperazine rings is 1. The lowest BCUT2D eigenvalue weighted by Gasteiger charge is -2.34. The van der Waals surface area contributed by atoms with Crippen LogP contribution in [0.3, 0.4) is 0 Å². The molecule has 7 nitrogen and oxygen atoms in total. The number of likely N-dealkylation sites (N-methyl/N-ethyl adjacent to an activating group) is 1. The molecule has 1 aliphatic heterocycles. The summed E-state index contributed by atoms with van der Waals surface area (Å²) in [5, 5.41) is 3.19. The van der Waals surface area contributed by atoms with Crippen LogP contribution in [-0.2, 0) is 0 Å². The highest BCUT2D eigenvalue weighted by Crippen LogP contribution is 2.20. The standard InChI is InChI=1S/C15H19N5.2C5H11N/c1-19-9-11-20(12-10-19)14-5-3-13(4-6-14)18-15-16-7-2-8-17-15;2*6-5-3-1-2-4-5/h2-8H,9-12H2,1H3,(H,16,17,18);2*5H,1-4,6H2. The second-order valence-corrected chi connectivity index (χ2v) is 9.12. The number of nitrogens with one attached hydrogen (secondary N) is 1. The van der Waals surface area contributed by atoms with Crippen molar-refractivity contribution in [2.75, 3.05) is 43.4 Å². The number of hydrogen-bond acceptors (Lipinski definition) is 7. The van der Waals surface area contributed by atoms with Crippen LogP contribution in [-0.4, -0.2) is 60.2 Å². The lowest BCUT2D eigenvalue weighted by molar-refractivity contribution is 0.313. The number of anilines is 3. The van der Waals surface area contributed by atoms with E-state index in [1.165, 1.54) is 57.1 Å². The van der Waals surface area contributed by atoms with Crippen LogP contribution in [0.1, 0.15) is 51.4 Å². The third kappa shape index (κ3) is 8.73. The molecule has 32 heavy (non-hydrogen) atoms. The molecule has 1 aromatic heterocycles. The molecule has 1 aromatic carbocycles. The number of nitrogens with zero attached hydrogens (tertiary/aromatic N) is 4. The number of nitrogens with two attached hydrogens (primary N) is 2. The van der Waals surface area contributed by atoms with Gasteiger partial charge in [0, 0.05) is 62.0 Å². The lowest BCUT2D eigenvalue weighted by Crippen LogP contribution is -2.44. The largest absolute Gasteiger partial charge is 0.369 e. The summed E-state index contributed by atoms with van der Waals surface area (Å²) in [6.07, 6.45) is 14.0. The molecule has 5 rings (SSSR count). The molecule has 3 aliphatic rings. The molecule has 5 N–H and O–H groups in total. The summed E-state index contributed by atoms with van der Waals surface area (Å²) in [5.41, 5.74) is 13.4. The second kappa shape index (κ2) is 13.4. The smallest absolute Gasteiger partial charge is 0.227 e. The zero-order valence-electron chi connectivity index (χ0n) is 19.6. The van der Waals surface area contributed by atoms with E-state index in [0.29, 0.717) is 18.0 Å². The van der Waals surface area contributed by atoms with Crippen LogP contribution in [0.2, 0.25) is 0 Å². The molecule has 2 saturated carbocycles. The van der Waals surface area contributed by atoms with E-state index in [1.54, 1.807) is 12.4 Å². The van der Waals surface area contributed by atoms with E-state index in [9.17, 15) is 0 Å². The molecule has 0 atom stereocenters. The van der Waals surface area contributed by atoms with E-state index < -0.39 is 0 Å². The van der Waals surface area contributed by atoms with Crippen LogP contribution < -0.4 is 21.7 Å². The maximum Gasteiger partial charge on any atom is 0.227 e. The Morgan fingerprint density at radius 2 is 1.28 bits per heavy atom.